The molecule has 1 unspecified atom stereocenters. The molecule has 1 saturated heterocycles. The van der Waals surface area contributed by atoms with Crippen molar-refractivity contribution >= 4 is 0 Å². The molecule has 0 aromatic heterocycles. The SMILES string of the molecule is CCOc1ccccc1C1CCC[N]1. The Morgan fingerprint density at radius 3 is 3.00 bits per heavy atom. The van der Waals surface area contributed by atoms with Crippen molar-refractivity contribution in [2.45, 2.75) is 25.8 Å². The fourth-order valence-corrected chi connectivity index (χ4v) is 1.92. The molecule has 1 aliphatic rings. The van der Waals surface area contributed by atoms with Gasteiger partial charge in [0.25, 0.3) is 0 Å². The summed E-state index contributed by atoms with van der Waals surface area (Å²) in [5.74, 6) is 1.01. The van der Waals surface area contributed by atoms with Gasteiger partial charge in [-0.1, -0.05) is 18.2 Å². The van der Waals surface area contributed by atoms with Gasteiger partial charge in [-0.25, -0.2) is 5.32 Å². The standard InChI is InChI=1S/C12H16NO/c1-2-14-12-8-4-3-6-10(12)11-7-5-9-13-11/h3-4,6,8,11H,2,5,7,9H2,1H3. The molecule has 1 aromatic rings. The molecular weight excluding hydrogens is 174 g/mol. The van der Waals surface area contributed by atoms with Crippen molar-refractivity contribution in [3.63, 3.8) is 0 Å². The zero-order valence-corrected chi connectivity index (χ0v) is 8.57. The van der Waals surface area contributed by atoms with Crippen molar-refractivity contribution in [3.05, 3.63) is 29.8 Å². The molecule has 75 valence electrons. The van der Waals surface area contributed by atoms with Gasteiger partial charge in [0.2, 0.25) is 0 Å². The lowest BCUT2D eigenvalue weighted by atomic mass is 10.0. The van der Waals surface area contributed by atoms with Gasteiger partial charge in [0.05, 0.1) is 12.6 Å². The summed E-state index contributed by atoms with van der Waals surface area (Å²) in [5, 5.41) is 4.57. The first-order chi connectivity index (χ1) is 6.92. The first-order valence-corrected chi connectivity index (χ1v) is 5.30. The van der Waals surface area contributed by atoms with Crippen LogP contribution < -0.4 is 10.1 Å². The second-order valence-corrected chi connectivity index (χ2v) is 3.54. The lowest BCUT2D eigenvalue weighted by molar-refractivity contribution is 0.333. The van der Waals surface area contributed by atoms with Crippen molar-refractivity contribution in [1.82, 2.24) is 5.32 Å². The molecule has 1 aromatic carbocycles. The van der Waals surface area contributed by atoms with E-state index in [9.17, 15) is 0 Å². The number of nitrogens with zero attached hydrogens (tertiary/aromatic N) is 1. The maximum atomic E-state index is 5.59. The minimum absolute atomic E-state index is 0.373. The first kappa shape index (κ1) is 9.53. The highest BCUT2D eigenvalue weighted by molar-refractivity contribution is 5.36. The van der Waals surface area contributed by atoms with E-state index in [1.165, 1.54) is 18.4 Å². The molecule has 0 bridgehead atoms. The molecule has 2 nitrogen and oxygen atoms in total. The summed E-state index contributed by atoms with van der Waals surface area (Å²) in [6.07, 6.45) is 2.38. The predicted molar refractivity (Wildman–Crippen MR) is 56.6 cm³/mol. The molecule has 1 heterocycles. The molecular formula is C12H16NO. The number of rotatable bonds is 3. The molecule has 0 aliphatic carbocycles. The third kappa shape index (κ3) is 1.90. The Labute approximate surface area is 85.3 Å². The number of hydrogen-bond donors (Lipinski definition) is 0. The van der Waals surface area contributed by atoms with Gasteiger partial charge in [-0.3, -0.25) is 0 Å². The molecule has 1 fully saturated rings. The van der Waals surface area contributed by atoms with Gasteiger partial charge in [0.15, 0.2) is 0 Å². The average Bonchev–Trinajstić information content (AvgIpc) is 2.72. The second kappa shape index (κ2) is 4.47. The smallest absolute Gasteiger partial charge is 0.124 e. The zero-order valence-electron chi connectivity index (χ0n) is 8.57. The molecule has 0 N–H and O–H groups in total. The van der Waals surface area contributed by atoms with Crippen LogP contribution in [0.25, 0.3) is 0 Å². The quantitative estimate of drug-likeness (QED) is 0.718. The van der Waals surface area contributed by atoms with Gasteiger partial charge in [0, 0.05) is 12.1 Å². The predicted octanol–water partition coefficient (Wildman–Crippen LogP) is 2.52. The van der Waals surface area contributed by atoms with Crippen LogP contribution in [0.4, 0.5) is 0 Å². The van der Waals surface area contributed by atoms with E-state index >= 15 is 0 Å². The Morgan fingerprint density at radius 1 is 1.43 bits per heavy atom. The fraction of sp³-hybridized carbons (Fsp3) is 0.500. The summed E-state index contributed by atoms with van der Waals surface area (Å²) in [7, 11) is 0. The summed E-state index contributed by atoms with van der Waals surface area (Å²) < 4.78 is 5.59. The van der Waals surface area contributed by atoms with Gasteiger partial charge in [0.1, 0.15) is 5.75 Å². The molecule has 0 amide bonds. The first-order valence-electron chi connectivity index (χ1n) is 5.30. The van der Waals surface area contributed by atoms with Crippen molar-refractivity contribution < 1.29 is 4.74 Å². The molecule has 0 spiro atoms. The second-order valence-electron chi connectivity index (χ2n) is 3.54. The van der Waals surface area contributed by atoms with Crippen LogP contribution in [0.15, 0.2) is 24.3 Å². The molecule has 2 heteroatoms. The van der Waals surface area contributed by atoms with Crippen LogP contribution in [0.1, 0.15) is 31.4 Å². The molecule has 1 aliphatic heterocycles. The fourth-order valence-electron chi connectivity index (χ4n) is 1.92. The van der Waals surface area contributed by atoms with Crippen LogP contribution in [-0.2, 0) is 0 Å². The van der Waals surface area contributed by atoms with Crippen molar-refractivity contribution in [2.24, 2.45) is 0 Å². The van der Waals surface area contributed by atoms with E-state index in [1.807, 2.05) is 19.1 Å². The van der Waals surface area contributed by atoms with E-state index in [2.05, 4.69) is 17.4 Å². The summed E-state index contributed by atoms with van der Waals surface area (Å²) in [6.45, 7) is 3.75. The van der Waals surface area contributed by atoms with Crippen LogP contribution in [-0.4, -0.2) is 13.2 Å². The number of ether oxygens (including phenoxy) is 1. The Hall–Kier alpha value is -1.02. The molecule has 1 radical (unpaired) electrons. The summed E-state index contributed by atoms with van der Waals surface area (Å²) >= 11 is 0. The van der Waals surface area contributed by atoms with Gasteiger partial charge in [-0.2, -0.15) is 0 Å². The van der Waals surface area contributed by atoms with E-state index < -0.39 is 0 Å². The van der Waals surface area contributed by atoms with Crippen LogP contribution in [0.3, 0.4) is 0 Å². The Morgan fingerprint density at radius 2 is 2.29 bits per heavy atom. The van der Waals surface area contributed by atoms with Gasteiger partial charge in [-0.15, -0.1) is 0 Å². The highest BCUT2D eigenvalue weighted by Crippen LogP contribution is 2.31. The largest absolute Gasteiger partial charge is 0.494 e. The van der Waals surface area contributed by atoms with Crippen LogP contribution in [0, 0.1) is 0 Å². The molecule has 2 rings (SSSR count). The summed E-state index contributed by atoms with van der Waals surface area (Å²) in [5.41, 5.74) is 1.26. The number of benzene rings is 1. The van der Waals surface area contributed by atoms with E-state index in [0.29, 0.717) is 6.04 Å². The van der Waals surface area contributed by atoms with Crippen LogP contribution in [0.2, 0.25) is 0 Å². The van der Waals surface area contributed by atoms with Crippen molar-refractivity contribution in [2.75, 3.05) is 13.2 Å². The summed E-state index contributed by atoms with van der Waals surface area (Å²) in [4.78, 5) is 0. The van der Waals surface area contributed by atoms with E-state index in [4.69, 9.17) is 4.74 Å². The highest BCUT2D eigenvalue weighted by atomic mass is 16.5. The third-order valence-corrected chi connectivity index (χ3v) is 2.56. The van der Waals surface area contributed by atoms with Crippen LogP contribution in [0.5, 0.6) is 5.75 Å². The maximum absolute atomic E-state index is 5.59. The topological polar surface area (TPSA) is 23.3 Å². The minimum atomic E-state index is 0.373. The number of para-hydroxylation sites is 1. The Balaban J connectivity index is 2.21. The third-order valence-electron chi connectivity index (χ3n) is 2.56. The lowest BCUT2D eigenvalue weighted by Crippen LogP contribution is -2.07. The maximum Gasteiger partial charge on any atom is 0.124 e. The molecule has 1 atom stereocenters. The van der Waals surface area contributed by atoms with E-state index in [-0.39, 0.29) is 0 Å². The Bertz CT molecular complexity index is 292. The van der Waals surface area contributed by atoms with Crippen molar-refractivity contribution in [3.8, 4) is 5.75 Å². The van der Waals surface area contributed by atoms with E-state index in [1.54, 1.807) is 0 Å². The van der Waals surface area contributed by atoms with E-state index in [0.717, 1.165) is 18.9 Å². The van der Waals surface area contributed by atoms with Crippen LogP contribution >= 0.6 is 0 Å². The zero-order chi connectivity index (χ0) is 9.80. The van der Waals surface area contributed by atoms with Gasteiger partial charge >= 0.3 is 0 Å². The van der Waals surface area contributed by atoms with Gasteiger partial charge < -0.3 is 4.74 Å². The molecule has 14 heavy (non-hydrogen) atoms. The lowest BCUT2D eigenvalue weighted by Gasteiger charge is -2.14. The van der Waals surface area contributed by atoms with Gasteiger partial charge in [-0.05, 0) is 25.8 Å². The highest BCUT2D eigenvalue weighted by Gasteiger charge is 2.20. The average molecular weight is 190 g/mol. The molecule has 0 saturated carbocycles. The summed E-state index contributed by atoms with van der Waals surface area (Å²) in [6, 6.07) is 8.62. The minimum Gasteiger partial charge on any atom is -0.494 e. The normalized spacial score (nSPS) is 21.1. The number of hydrogen-bond acceptors (Lipinski definition) is 1. The monoisotopic (exact) mass is 190 g/mol. The van der Waals surface area contributed by atoms with Crippen molar-refractivity contribution in [1.29, 1.82) is 0 Å². The Kier molecular flexibility index (Phi) is 3.04.